The molecule has 1 heterocycles. The molecule has 0 aromatic carbocycles. The van der Waals surface area contributed by atoms with Gasteiger partial charge in [0.25, 0.3) is 5.56 Å². The van der Waals surface area contributed by atoms with Gasteiger partial charge in [-0.05, 0) is 32.1 Å². The van der Waals surface area contributed by atoms with Gasteiger partial charge < -0.3 is 9.47 Å². The molecule has 0 amide bonds. The third kappa shape index (κ3) is 3.26. The average Bonchev–Trinajstić information content (AvgIpc) is 2.81. The first-order valence-electron chi connectivity index (χ1n) is 6.17. The van der Waals surface area contributed by atoms with Gasteiger partial charge in [0.15, 0.2) is 4.77 Å². The second kappa shape index (κ2) is 5.60. The number of likely N-dealkylation sites (N-methyl/N-ethyl adjacent to an activating group) is 1. The van der Waals surface area contributed by atoms with E-state index in [2.05, 4.69) is 16.9 Å². The van der Waals surface area contributed by atoms with E-state index in [4.69, 9.17) is 12.2 Å². The van der Waals surface area contributed by atoms with Crippen molar-refractivity contribution in [2.24, 2.45) is 0 Å². The molecule has 94 valence electrons. The summed E-state index contributed by atoms with van der Waals surface area (Å²) in [5.41, 5.74) is -0.129. The van der Waals surface area contributed by atoms with E-state index >= 15 is 0 Å². The minimum Gasteiger partial charge on any atom is -0.324 e. The van der Waals surface area contributed by atoms with Gasteiger partial charge in [-0.2, -0.15) is 0 Å². The lowest BCUT2D eigenvalue weighted by Gasteiger charge is -2.24. The number of hydrogen-bond acceptors (Lipinski definition) is 3. The van der Waals surface area contributed by atoms with Gasteiger partial charge in [-0.25, -0.2) is 0 Å². The van der Waals surface area contributed by atoms with Crippen molar-refractivity contribution in [3.05, 3.63) is 27.4 Å². The predicted octanol–water partition coefficient (Wildman–Crippen LogP) is 1.78. The fraction of sp³-hybridized carbons (Fsp3) is 0.667. The quantitative estimate of drug-likeness (QED) is 0.832. The maximum absolute atomic E-state index is 11.0. The second-order valence-corrected chi connectivity index (χ2v) is 5.11. The molecule has 0 atom stereocenters. The zero-order valence-electron chi connectivity index (χ0n) is 10.2. The third-order valence-corrected chi connectivity index (χ3v) is 3.88. The number of nitrogens with one attached hydrogen (secondary N) is 1. The summed E-state index contributed by atoms with van der Waals surface area (Å²) in [7, 11) is 2.17. The van der Waals surface area contributed by atoms with Crippen LogP contribution in [0.4, 0.5) is 0 Å². The Labute approximate surface area is 106 Å². The van der Waals surface area contributed by atoms with E-state index in [0.717, 1.165) is 19.1 Å². The molecule has 2 rings (SSSR count). The molecule has 5 heteroatoms. The lowest BCUT2D eigenvalue weighted by Crippen LogP contribution is -2.32. The standard InChI is InChI=1S/C12H19N3OS/c1-14(10-4-2-3-5-10)8-9-15-7-6-11(16)13-12(15)17/h6-7,10H,2-5,8-9H2,1H3,(H,13,16,17). The van der Waals surface area contributed by atoms with Crippen molar-refractivity contribution < 1.29 is 0 Å². The highest BCUT2D eigenvalue weighted by molar-refractivity contribution is 7.71. The van der Waals surface area contributed by atoms with Gasteiger partial charge in [0.2, 0.25) is 0 Å². The van der Waals surface area contributed by atoms with Gasteiger partial charge in [0.1, 0.15) is 0 Å². The molecule has 0 unspecified atom stereocenters. The first-order valence-corrected chi connectivity index (χ1v) is 6.57. The first kappa shape index (κ1) is 12.5. The van der Waals surface area contributed by atoms with Crippen LogP contribution in [0.1, 0.15) is 25.7 Å². The van der Waals surface area contributed by atoms with E-state index in [-0.39, 0.29) is 5.56 Å². The summed E-state index contributed by atoms with van der Waals surface area (Å²) in [5.74, 6) is 0. The Kier molecular flexibility index (Phi) is 4.12. The number of nitrogens with zero attached hydrogens (tertiary/aromatic N) is 2. The summed E-state index contributed by atoms with van der Waals surface area (Å²) in [6.45, 7) is 1.81. The second-order valence-electron chi connectivity index (χ2n) is 4.72. The minimum atomic E-state index is -0.129. The molecule has 1 aromatic rings. The lowest BCUT2D eigenvalue weighted by molar-refractivity contribution is 0.235. The Morgan fingerprint density at radius 3 is 2.88 bits per heavy atom. The molecule has 0 saturated heterocycles. The molecule has 1 aromatic heterocycles. The lowest BCUT2D eigenvalue weighted by atomic mass is 10.2. The van der Waals surface area contributed by atoms with Crippen LogP contribution >= 0.6 is 12.2 Å². The van der Waals surface area contributed by atoms with Crippen molar-refractivity contribution in [3.63, 3.8) is 0 Å². The fourth-order valence-corrected chi connectivity index (χ4v) is 2.67. The Morgan fingerprint density at radius 2 is 2.24 bits per heavy atom. The monoisotopic (exact) mass is 253 g/mol. The highest BCUT2D eigenvalue weighted by Gasteiger charge is 2.18. The Bertz CT molecular complexity index is 473. The molecule has 0 spiro atoms. The molecule has 1 aliphatic rings. The molecule has 0 radical (unpaired) electrons. The van der Waals surface area contributed by atoms with Crippen LogP contribution in [0, 0.1) is 4.77 Å². The van der Waals surface area contributed by atoms with Crippen LogP contribution < -0.4 is 5.56 Å². The maximum atomic E-state index is 11.0. The van der Waals surface area contributed by atoms with E-state index in [1.165, 1.54) is 31.7 Å². The van der Waals surface area contributed by atoms with Gasteiger partial charge in [0, 0.05) is 31.4 Å². The molecule has 0 aliphatic heterocycles. The molecule has 1 fully saturated rings. The number of hydrogen-bond donors (Lipinski definition) is 1. The van der Waals surface area contributed by atoms with Crippen LogP contribution in [0.25, 0.3) is 0 Å². The summed E-state index contributed by atoms with van der Waals surface area (Å²) >= 11 is 5.12. The van der Waals surface area contributed by atoms with E-state index < -0.39 is 0 Å². The third-order valence-electron chi connectivity index (χ3n) is 3.54. The zero-order chi connectivity index (χ0) is 12.3. The Hall–Kier alpha value is -0.940. The number of aromatic amines is 1. The van der Waals surface area contributed by atoms with E-state index in [0.29, 0.717) is 4.77 Å². The minimum absolute atomic E-state index is 0.129. The largest absolute Gasteiger partial charge is 0.324 e. The fourth-order valence-electron chi connectivity index (χ4n) is 2.41. The molecular formula is C12H19N3OS. The summed E-state index contributed by atoms with van der Waals surface area (Å²) in [6.07, 6.45) is 7.10. The Balaban J connectivity index is 1.93. The number of H-pyrrole nitrogens is 1. The van der Waals surface area contributed by atoms with Crippen LogP contribution in [0.5, 0.6) is 0 Å². The summed E-state index contributed by atoms with van der Waals surface area (Å²) in [6, 6.07) is 2.25. The van der Waals surface area contributed by atoms with Crippen molar-refractivity contribution in [3.8, 4) is 0 Å². The summed E-state index contributed by atoms with van der Waals surface area (Å²) in [4.78, 5) is 16.1. The SMILES string of the molecule is CN(CCn1ccc(=O)[nH]c1=S)C1CCCC1. The zero-order valence-corrected chi connectivity index (χ0v) is 11.0. The molecule has 4 nitrogen and oxygen atoms in total. The van der Waals surface area contributed by atoms with E-state index in [1.807, 2.05) is 4.57 Å². The molecule has 0 bridgehead atoms. The normalized spacial score (nSPS) is 16.8. The number of rotatable bonds is 4. The Morgan fingerprint density at radius 1 is 1.53 bits per heavy atom. The molecule has 1 aliphatic carbocycles. The summed E-state index contributed by atoms with van der Waals surface area (Å²) < 4.78 is 2.43. The van der Waals surface area contributed by atoms with Crippen molar-refractivity contribution >= 4 is 12.2 Å². The van der Waals surface area contributed by atoms with Gasteiger partial charge in [-0.1, -0.05) is 12.8 Å². The van der Waals surface area contributed by atoms with Crippen LogP contribution in [-0.2, 0) is 6.54 Å². The van der Waals surface area contributed by atoms with Crippen LogP contribution in [0.2, 0.25) is 0 Å². The molecular weight excluding hydrogens is 234 g/mol. The highest BCUT2D eigenvalue weighted by atomic mass is 32.1. The van der Waals surface area contributed by atoms with E-state index in [1.54, 1.807) is 6.20 Å². The van der Waals surface area contributed by atoms with Crippen molar-refractivity contribution in [2.45, 2.75) is 38.3 Å². The first-order chi connectivity index (χ1) is 8.16. The van der Waals surface area contributed by atoms with E-state index in [9.17, 15) is 4.79 Å². The number of aromatic nitrogens is 2. The average molecular weight is 253 g/mol. The smallest absolute Gasteiger partial charge is 0.251 e. The van der Waals surface area contributed by atoms with Gasteiger partial charge in [0.05, 0.1) is 0 Å². The van der Waals surface area contributed by atoms with Gasteiger partial charge in [-0.3, -0.25) is 9.78 Å². The van der Waals surface area contributed by atoms with Crippen LogP contribution in [0.15, 0.2) is 17.1 Å². The van der Waals surface area contributed by atoms with Crippen molar-refractivity contribution in [2.75, 3.05) is 13.6 Å². The van der Waals surface area contributed by atoms with Crippen LogP contribution in [-0.4, -0.2) is 34.1 Å². The van der Waals surface area contributed by atoms with Crippen molar-refractivity contribution in [1.82, 2.24) is 14.5 Å². The molecule has 1 saturated carbocycles. The summed E-state index contributed by atoms with van der Waals surface area (Å²) in [5, 5.41) is 0. The van der Waals surface area contributed by atoms with Gasteiger partial charge >= 0.3 is 0 Å². The maximum Gasteiger partial charge on any atom is 0.251 e. The topological polar surface area (TPSA) is 41.0 Å². The molecule has 17 heavy (non-hydrogen) atoms. The van der Waals surface area contributed by atoms with Crippen molar-refractivity contribution in [1.29, 1.82) is 0 Å². The molecule has 1 N–H and O–H groups in total. The van der Waals surface area contributed by atoms with Crippen LogP contribution in [0.3, 0.4) is 0 Å². The van der Waals surface area contributed by atoms with Gasteiger partial charge in [-0.15, -0.1) is 0 Å². The predicted molar refractivity (Wildman–Crippen MR) is 70.8 cm³/mol. The highest BCUT2D eigenvalue weighted by Crippen LogP contribution is 2.22.